The molecule has 4 nitrogen and oxygen atoms in total. The maximum atomic E-state index is 13.3. The minimum Gasteiger partial charge on any atom is -0.357 e. The van der Waals surface area contributed by atoms with Crippen molar-refractivity contribution in [3.63, 3.8) is 0 Å². The summed E-state index contributed by atoms with van der Waals surface area (Å²) in [5.74, 6) is -0.123. The summed E-state index contributed by atoms with van der Waals surface area (Å²) in [4.78, 5) is 27.5. The van der Waals surface area contributed by atoms with Crippen LogP contribution in [0.15, 0.2) is 66.7 Å². The predicted molar refractivity (Wildman–Crippen MR) is 122 cm³/mol. The van der Waals surface area contributed by atoms with Crippen molar-refractivity contribution in [3.8, 4) is 0 Å². The molecule has 156 valence electrons. The second kappa shape index (κ2) is 10.1. The molecule has 1 atom stereocenters. The van der Waals surface area contributed by atoms with E-state index in [-0.39, 0.29) is 11.8 Å². The number of aryl methyl sites for hydroxylation is 2. The van der Waals surface area contributed by atoms with E-state index < -0.39 is 6.04 Å². The van der Waals surface area contributed by atoms with Crippen molar-refractivity contribution in [1.29, 1.82) is 0 Å². The molecule has 3 rings (SSSR count). The van der Waals surface area contributed by atoms with E-state index in [1.807, 2.05) is 56.3 Å². The second-order valence-electron chi connectivity index (χ2n) is 7.68. The molecule has 1 unspecified atom stereocenters. The quantitative estimate of drug-likeness (QED) is 0.597. The van der Waals surface area contributed by atoms with Gasteiger partial charge in [0.15, 0.2) is 0 Å². The fraction of sp³-hybridized carbons (Fsp3) is 0.308. The molecule has 0 aromatic heterocycles. The third-order valence-electron chi connectivity index (χ3n) is 5.59. The first kappa shape index (κ1) is 21.6. The third kappa shape index (κ3) is 5.07. The molecule has 0 aliphatic carbocycles. The monoisotopic (exact) mass is 402 g/mol. The van der Waals surface area contributed by atoms with Crippen molar-refractivity contribution in [1.82, 2.24) is 10.2 Å². The lowest BCUT2D eigenvalue weighted by Gasteiger charge is -2.30. The molecule has 0 aliphatic heterocycles. The van der Waals surface area contributed by atoms with Crippen LogP contribution in [0.2, 0.25) is 0 Å². The van der Waals surface area contributed by atoms with E-state index in [1.54, 1.807) is 11.9 Å². The molecule has 0 saturated carbocycles. The van der Waals surface area contributed by atoms with Gasteiger partial charge >= 0.3 is 0 Å². The normalized spacial score (nSPS) is 11.8. The summed E-state index contributed by atoms with van der Waals surface area (Å²) in [5, 5.41) is 5.07. The van der Waals surface area contributed by atoms with Crippen LogP contribution in [-0.2, 0) is 22.6 Å². The molecule has 0 bridgehead atoms. The van der Waals surface area contributed by atoms with E-state index >= 15 is 0 Å². The van der Waals surface area contributed by atoms with Gasteiger partial charge in [-0.25, -0.2) is 0 Å². The van der Waals surface area contributed by atoms with Gasteiger partial charge in [0.2, 0.25) is 11.8 Å². The van der Waals surface area contributed by atoms with Crippen molar-refractivity contribution < 1.29 is 9.59 Å². The molecule has 30 heavy (non-hydrogen) atoms. The van der Waals surface area contributed by atoms with Crippen LogP contribution in [0, 0.1) is 6.92 Å². The van der Waals surface area contributed by atoms with E-state index in [4.69, 9.17) is 0 Å². The maximum Gasteiger partial charge on any atom is 0.242 e. The molecule has 0 saturated heterocycles. The first-order valence-electron chi connectivity index (χ1n) is 10.6. The average molecular weight is 403 g/mol. The Balaban J connectivity index is 1.81. The molecule has 0 spiro atoms. The molecule has 3 aromatic carbocycles. The Morgan fingerprint density at radius 2 is 1.67 bits per heavy atom. The van der Waals surface area contributed by atoms with Crippen LogP contribution in [-0.4, -0.2) is 29.8 Å². The average Bonchev–Trinajstić information content (AvgIpc) is 2.78. The Labute approximate surface area is 178 Å². The highest BCUT2D eigenvalue weighted by molar-refractivity contribution is 5.89. The van der Waals surface area contributed by atoms with Gasteiger partial charge in [-0.15, -0.1) is 0 Å². The number of rotatable bonds is 8. The summed E-state index contributed by atoms with van der Waals surface area (Å²) < 4.78 is 0. The highest BCUT2D eigenvalue weighted by Crippen LogP contribution is 2.21. The fourth-order valence-corrected chi connectivity index (χ4v) is 3.87. The lowest BCUT2D eigenvalue weighted by Crippen LogP contribution is -2.48. The summed E-state index contributed by atoms with van der Waals surface area (Å²) in [6.07, 6.45) is 1.59. The van der Waals surface area contributed by atoms with Gasteiger partial charge in [-0.05, 0) is 41.7 Å². The first-order chi connectivity index (χ1) is 14.5. The Morgan fingerprint density at radius 3 is 2.37 bits per heavy atom. The largest absolute Gasteiger partial charge is 0.357 e. The van der Waals surface area contributed by atoms with E-state index in [1.165, 1.54) is 16.3 Å². The lowest BCUT2D eigenvalue weighted by atomic mass is 10.00. The summed E-state index contributed by atoms with van der Waals surface area (Å²) >= 11 is 0. The van der Waals surface area contributed by atoms with Crippen LogP contribution in [0.5, 0.6) is 0 Å². The summed E-state index contributed by atoms with van der Waals surface area (Å²) in [7, 11) is 1.62. The van der Waals surface area contributed by atoms with Crippen LogP contribution >= 0.6 is 0 Å². The standard InChI is InChI=1S/C26H30N2O2/c1-4-24(26(30)27-3)28(18-20-14-12-19(2)13-15-20)25(29)17-16-22-10-7-9-21-8-5-6-11-23(21)22/h5-15,24H,4,16-18H2,1-3H3,(H,27,30). The highest BCUT2D eigenvalue weighted by atomic mass is 16.2. The number of hydrogen-bond acceptors (Lipinski definition) is 2. The molecule has 0 radical (unpaired) electrons. The van der Waals surface area contributed by atoms with Gasteiger partial charge in [-0.2, -0.15) is 0 Å². The van der Waals surface area contributed by atoms with E-state index in [9.17, 15) is 9.59 Å². The van der Waals surface area contributed by atoms with E-state index in [0.717, 1.165) is 11.1 Å². The number of nitrogens with one attached hydrogen (secondary N) is 1. The number of hydrogen-bond donors (Lipinski definition) is 1. The molecule has 1 N–H and O–H groups in total. The van der Waals surface area contributed by atoms with Gasteiger partial charge in [0.1, 0.15) is 6.04 Å². The molecule has 0 aliphatic rings. The molecular weight excluding hydrogens is 372 g/mol. The first-order valence-corrected chi connectivity index (χ1v) is 10.6. The Bertz CT molecular complexity index is 1010. The number of likely N-dealkylation sites (N-methyl/N-ethyl adjacent to an activating group) is 1. The van der Waals surface area contributed by atoms with Crippen molar-refractivity contribution in [3.05, 3.63) is 83.4 Å². The molecular formula is C26H30N2O2. The van der Waals surface area contributed by atoms with Crippen molar-refractivity contribution in [2.75, 3.05) is 7.05 Å². The summed E-state index contributed by atoms with van der Waals surface area (Å²) in [5.41, 5.74) is 3.36. The van der Waals surface area contributed by atoms with Crippen LogP contribution in [0.25, 0.3) is 10.8 Å². The fourth-order valence-electron chi connectivity index (χ4n) is 3.87. The zero-order valence-electron chi connectivity index (χ0n) is 18.0. The molecule has 3 aromatic rings. The number of amides is 2. The van der Waals surface area contributed by atoms with Crippen molar-refractivity contribution in [2.24, 2.45) is 0 Å². The van der Waals surface area contributed by atoms with Gasteiger partial charge in [0.05, 0.1) is 0 Å². The number of benzene rings is 3. The summed E-state index contributed by atoms with van der Waals surface area (Å²) in [6, 6.07) is 22.1. The third-order valence-corrected chi connectivity index (χ3v) is 5.59. The Morgan fingerprint density at radius 1 is 0.967 bits per heavy atom. The molecule has 4 heteroatoms. The van der Waals surface area contributed by atoms with Gasteiger partial charge in [0, 0.05) is 20.0 Å². The van der Waals surface area contributed by atoms with Crippen LogP contribution < -0.4 is 5.32 Å². The zero-order valence-corrected chi connectivity index (χ0v) is 18.0. The Hall–Kier alpha value is -3.14. The van der Waals surface area contributed by atoms with Crippen LogP contribution in [0.1, 0.15) is 36.5 Å². The minimum atomic E-state index is -0.476. The number of nitrogens with zero attached hydrogens (tertiary/aromatic N) is 1. The summed E-state index contributed by atoms with van der Waals surface area (Å²) in [6.45, 7) is 4.41. The van der Waals surface area contributed by atoms with Gasteiger partial charge in [0.25, 0.3) is 0 Å². The van der Waals surface area contributed by atoms with Crippen molar-refractivity contribution in [2.45, 2.75) is 45.7 Å². The van der Waals surface area contributed by atoms with Crippen LogP contribution in [0.3, 0.4) is 0 Å². The molecule has 0 heterocycles. The van der Waals surface area contributed by atoms with Crippen LogP contribution in [0.4, 0.5) is 0 Å². The van der Waals surface area contributed by atoms with E-state index in [0.29, 0.717) is 25.8 Å². The lowest BCUT2D eigenvalue weighted by molar-refractivity contribution is -0.141. The topological polar surface area (TPSA) is 49.4 Å². The molecule has 2 amide bonds. The Kier molecular flexibility index (Phi) is 7.23. The zero-order chi connectivity index (χ0) is 21.5. The minimum absolute atomic E-state index is 0.000964. The van der Waals surface area contributed by atoms with Gasteiger partial charge in [-0.3, -0.25) is 9.59 Å². The van der Waals surface area contributed by atoms with E-state index in [2.05, 4.69) is 29.6 Å². The number of carbonyl (C=O) groups excluding carboxylic acids is 2. The van der Waals surface area contributed by atoms with Crippen molar-refractivity contribution >= 4 is 22.6 Å². The predicted octanol–water partition coefficient (Wildman–Crippen LogP) is 4.63. The van der Waals surface area contributed by atoms with Gasteiger partial charge < -0.3 is 10.2 Å². The van der Waals surface area contributed by atoms with Gasteiger partial charge in [-0.1, -0.05) is 79.2 Å². The highest BCUT2D eigenvalue weighted by Gasteiger charge is 2.27. The maximum absolute atomic E-state index is 13.3. The second-order valence-corrected chi connectivity index (χ2v) is 7.68. The smallest absolute Gasteiger partial charge is 0.242 e. The molecule has 0 fully saturated rings. The number of fused-ring (bicyclic) bond motifs is 1. The number of carbonyl (C=O) groups is 2. The SMILES string of the molecule is CCC(C(=O)NC)N(Cc1ccc(C)cc1)C(=O)CCc1cccc2ccccc12.